The molecule has 2 nitrogen and oxygen atoms in total. The topological polar surface area (TPSA) is 26.3 Å². The molecule has 1 aliphatic rings. The third-order valence-corrected chi connectivity index (χ3v) is 5.19. The molecule has 0 saturated carbocycles. The number of hydrogen-bond donors (Lipinski definition) is 0. The average Bonchev–Trinajstić information content (AvgIpc) is 2.44. The Morgan fingerprint density at radius 3 is 2.65 bits per heavy atom. The van der Waals surface area contributed by atoms with Crippen LogP contribution in [0.15, 0.2) is 23.3 Å². The van der Waals surface area contributed by atoms with Crippen LogP contribution in [0, 0.1) is 11.8 Å². The monoisotopic (exact) mass is 340 g/mol. The zero-order valence-corrected chi connectivity index (χ0v) is 16.2. The third kappa shape index (κ3) is 8.06. The summed E-state index contributed by atoms with van der Waals surface area (Å²) in [6.07, 6.45) is 10.6. The Bertz CT molecular complexity index is 443. The predicted octanol–water partition coefficient (Wildman–Crippen LogP) is 6.05. The molecule has 0 heterocycles. The van der Waals surface area contributed by atoms with E-state index in [4.69, 9.17) is 16.3 Å². The SMILES string of the molecule is CCOC(=O)C=C1C=C(CC(C)CCC(C)C(C)(C)Cl)CCC1. The Labute approximate surface area is 147 Å². The molecular weight excluding hydrogens is 308 g/mol. The molecule has 0 saturated heterocycles. The standard InChI is InChI=1S/C20H33ClO2/c1-6-23-19(22)14-18-9-7-8-17(13-18)12-15(2)10-11-16(3)20(4,5)21/h13-16H,6-12H2,1-5H3. The van der Waals surface area contributed by atoms with Crippen molar-refractivity contribution >= 4 is 17.6 Å². The first-order valence-corrected chi connectivity index (χ1v) is 9.35. The van der Waals surface area contributed by atoms with Crippen molar-refractivity contribution in [3.8, 4) is 0 Å². The van der Waals surface area contributed by atoms with Gasteiger partial charge in [0.2, 0.25) is 0 Å². The average molecular weight is 341 g/mol. The molecule has 0 amide bonds. The van der Waals surface area contributed by atoms with Gasteiger partial charge in [-0.1, -0.05) is 31.9 Å². The fourth-order valence-corrected chi connectivity index (χ4v) is 3.07. The maximum Gasteiger partial charge on any atom is 0.331 e. The second kappa shape index (κ2) is 9.52. The normalized spacial score (nSPS) is 20.1. The number of hydrogen-bond acceptors (Lipinski definition) is 2. The van der Waals surface area contributed by atoms with Crippen LogP contribution in [0.4, 0.5) is 0 Å². The van der Waals surface area contributed by atoms with Crippen molar-refractivity contribution in [2.45, 2.75) is 78.0 Å². The summed E-state index contributed by atoms with van der Waals surface area (Å²) in [6.45, 7) is 11.0. The lowest BCUT2D eigenvalue weighted by Crippen LogP contribution is -2.22. The summed E-state index contributed by atoms with van der Waals surface area (Å²) in [7, 11) is 0. The molecule has 2 atom stereocenters. The fraction of sp³-hybridized carbons (Fsp3) is 0.750. The lowest BCUT2D eigenvalue weighted by molar-refractivity contribution is -0.137. The van der Waals surface area contributed by atoms with Gasteiger partial charge in [0.15, 0.2) is 0 Å². The molecule has 0 aliphatic heterocycles. The van der Waals surface area contributed by atoms with E-state index in [2.05, 4.69) is 33.8 Å². The van der Waals surface area contributed by atoms with Crippen molar-refractivity contribution in [3.63, 3.8) is 0 Å². The lowest BCUT2D eigenvalue weighted by atomic mass is 9.84. The van der Waals surface area contributed by atoms with Crippen molar-refractivity contribution in [2.24, 2.45) is 11.8 Å². The van der Waals surface area contributed by atoms with Crippen molar-refractivity contribution in [1.29, 1.82) is 0 Å². The molecule has 0 radical (unpaired) electrons. The van der Waals surface area contributed by atoms with E-state index in [-0.39, 0.29) is 10.8 Å². The van der Waals surface area contributed by atoms with Gasteiger partial charge in [0.1, 0.15) is 0 Å². The van der Waals surface area contributed by atoms with Crippen LogP contribution in [0.5, 0.6) is 0 Å². The molecule has 0 aromatic carbocycles. The minimum absolute atomic E-state index is 0.126. The summed E-state index contributed by atoms with van der Waals surface area (Å²) in [5.74, 6) is 0.960. The number of alkyl halides is 1. The molecular formula is C20H33ClO2. The van der Waals surface area contributed by atoms with Crippen LogP contribution >= 0.6 is 11.6 Å². The molecule has 0 spiro atoms. The molecule has 1 rings (SSSR count). The van der Waals surface area contributed by atoms with Gasteiger partial charge in [0.25, 0.3) is 0 Å². The first-order chi connectivity index (χ1) is 10.7. The van der Waals surface area contributed by atoms with Gasteiger partial charge < -0.3 is 4.74 Å². The van der Waals surface area contributed by atoms with Crippen molar-refractivity contribution < 1.29 is 9.53 Å². The Balaban J connectivity index is 2.52. The van der Waals surface area contributed by atoms with Gasteiger partial charge in [-0.25, -0.2) is 4.79 Å². The van der Waals surface area contributed by atoms with Crippen LogP contribution in [0.25, 0.3) is 0 Å². The van der Waals surface area contributed by atoms with Crippen molar-refractivity contribution in [2.75, 3.05) is 6.61 Å². The van der Waals surface area contributed by atoms with Crippen molar-refractivity contribution in [1.82, 2.24) is 0 Å². The highest BCUT2D eigenvalue weighted by atomic mass is 35.5. The smallest absolute Gasteiger partial charge is 0.331 e. The van der Waals surface area contributed by atoms with E-state index in [1.165, 1.54) is 12.0 Å². The maximum atomic E-state index is 11.6. The van der Waals surface area contributed by atoms with Gasteiger partial charge in [-0.05, 0) is 70.3 Å². The number of halogens is 1. The second-order valence-electron chi connectivity index (χ2n) is 7.48. The number of ether oxygens (including phenoxy) is 1. The van der Waals surface area contributed by atoms with E-state index in [0.29, 0.717) is 18.4 Å². The van der Waals surface area contributed by atoms with Crippen LogP contribution < -0.4 is 0 Å². The zero-order valence-electron chi connectivity index (χ0n) is 15.5. The summed E-state index contributed by atoms with van der Waals surface area (Å²) < 4.78 is 5.00. The fourth-order valence-electron chi connectivity index (χ4n) is 2.96. The minimum Gasteiger partial charge on any atom is -0.463 e. The number of carbonyl (C=O) groups is 1. The number of allylic oxidation sites excluding steroid dienone is 3. The van der Waals surface area contributed by atoms with Gasteiger partial charge in [-0.15, -0.1) is 11.6 Å². The van der Waals surface area contributed by atoms with Gasteiger partial charge in [-0.2, -0.15) is 0 Å². The van der Waals surface area contributed by atoms with Gasteiger partial charge in [-0.3, -0.25) is 0 Å². The maximum absolute atomic E-state index is 11.6. The number of esters is 1. The van der Waals surface area contributed by atoms with Crippen LogP contribution in [-0.4, -0.2) is 17.5 Å². The first kappa shape index (κ1) is 20.3. The van der Waals surface area contributed by atoms with Crippen LogP contribution in [0.2, 0.25) is 0 Å². The van der Waals surface area contributed by atoms with Crippen molar-refractivity contribution in [3.05, 3.63) is 23.3 Å². The van der Waals surface area contributed by atoms with E-state index in [1.54, 1.807) is 6.08 Å². The minimum atomic E-state index is -0.216. The molecule has 23 heavy (non-hydrogen) atoms. The van der Waals surface area contributed by atoms with E-state index >= 15 is 0 Å². The molecule has 0 N–H and O–H groups in total. The summed E-state index contributed by atoms with van der Waals surface area (Å²) >= 11 is 6.39. The number of carbonyl (C=O) groups excluding carboxylic acids is 1. The number of rotatable bonds is 8. The molecule has 0 bridgehead atoms. The Kier molecular flexibility index (Phi) is 8.39. The third-order valence-electron chi connectivity index (χ3n) is 4.82. The molecule has 132 valence electrons. The van der Waals surface area contributed by atoms with Crippen LogP contribution in [0.3, 0.4) is 0 Å². The van der Waals surface area contributed by atoms with Gasteiger partial charge in [0, 0.05) is 11.0 Å². The summed E-state index contributed by atoms with van der Waals surface area (Å²) in [4.78, 5) is 11.4. The molecule has 0 fully saturated rings. The molecule has 0 aromatic heterocycles. The van der Waals surface area contributed by atoms with Crippen LogP contribution in [0.1, 0.15) is 73.1 Å². The zero-order chi connectivity index (χ0) is 17.5. The summed E-state index contributed by atoms with van der Waals surface area (Å²) in [5, 5.41) is 0. The second-order valence-corrected chi connectivity index (χ2v) is 8.45. The lowest BCUT2D eigenvalue weighted by Gasteiger charge is -2.26. The Hall–Kier alpha value is -0.760. The summed E-state index contributed by atoms with van der Waals surface area (Å²) in [5.41, 5.74) is 2.59. The van der Waals surface area contributed by atoms with Crippen LogP contribution in [-0.2, 0) is 9.53 Å². The summed E-state index contributed by atoms with van der Waals surface area (Å²) in [6, 6.07) is 0. The first-order valence-electron chi connectivity index (χ1n) is 8.98. The predicted molar refractivity (Wildman–Crippen MR) is 98.8 cm³/mol. The highest BCUT2D eigenvalue weighted by Crippen LogP contribution is 2.32. The Morgan fingerprint density at radius 1 is 1.35 bits per heavy atom. The highest BCUT2D eigenvalue weighted by molar-refractivity contribution is 6.23. The molecule has 2 unspecified atom stereocenters. The Morgan fingerprint density at radius 2 is 2.04 bits per heavy atom. The largest absolute Gasteiger partial charge is 0.463 e. The molecule has 0 aromatic rings. The highest BCUT2D eigenvalue weighted by Gasteiger charge is 2.23. The van der Waals surface area contributed by atoms with Gasteiger partial charge >= 0.3 is 5.97 Å². The molecule has 1 aliphatic carbocycles. The quantitative estimate of drug-likeness (QED) is 0.305. The molecule has 3 heteroatoms. The van der Waals surface area contributed by atoms with E-state index in [0.717, 1.165) is 37.7 Å². The van der Waals surface area contributed by atoms with E-state index in [9.17, 15) is 4.79 Å². The van der Waals surface area contributed by atoms with E-state index in [1.807, 2.05) is 6.92 Å². The van der Waals surface area contributed by atoms with E-state index < -0.39 is 0 Å². The van der Waals surface area contributed by atoms with Gasteiger partial charge in [0.05, 0.1) is 6.61 Å².